The maximum absolute atomic E-state index is 13.2. The molecular weight excluding hydrogens is 387 g/mol. The Hall–Kier alpha value is -3.36. The number of anilines is 1. The van der Waals surface area contributed by atoms with E-state index in [-0.39, 0.29) is 23.0 Å². The molecule has 7 nitrogen and oxygen atoms in total. The number of aromatic nitrogens is 2. The molecule has 4 rings (SSSR count). The molecule has 0 spiro atoms. The molecule has 1 aliphatic rings. The van der Waals surface area contributed by atoms with E-state index in [9.17, 15) is 14.0 Å². The Balaban J connectivity index is 1.62. The van der Waals surface area contributed by atoms with Crippen LogP contribution in [0.1, 0.15) is 27.5 Å². The Morgan fingerprint density at radius 2 is 1.90 bits per heavy atom. The summed E-state index contributed by atoms with van der Waals surface area (Å²) >= 11 is 0. The molecule has 8 heteroatoms. The number of hydrogen-bond donors (Lipinski definition) is 1. The van der Waals surface area contributed by atoms with Gasteiger partial charge >= 0.3 is 0 Å². The summed E-state index contributed by atoms with van der Waals surface area (Å²) in [6, 6.07) is 12.2. The fourth-order valence-electron chi connectivity index (χ4n) is 3.57. The maximum atomic E-state index is 13.2. The van der Waals surface area contributed by atoms with Crippen LogP contribution in [0.3, 0.4) is 0 Å². The van der Waals surface area contributed by atoms with E-state index < -0.39 is 6.04 Å². The van der Waals surface area contributed by atoms with Crippen LogP contribution in [0, 0.1) is 5.82 Å². The van der Waals surface area contributed by atoms with Gasteiger partial charge in [-0.25, -0.2) is 9.07 Å². The normalized spacial score (nSPS) is 15.6. The zero-order chi connectivity index (χ0) is 21.1. The molecule has 1 fully saturated rings. The standard InChI is InChI=1S/C22H21FN4O3/c23-17-4-6-18(7-5-17)27-22(24)19(13-25-27)21(29)16-3-1-2-15(12-16)20(14-28)26-8-10-30-11-9-26/h1-7,12-14,20H,8-11,24H2. The van der Waals surface area contributed by atoms with Gasteiger partial charge < -0.3 is 15.3 Å². The summed E-state index contributed by atoms with van der Waals surface area (Å²) in [6.07, 6.45) is 2.28. The molecular formula is C22H21FN4O3. The predicted molar refractivity (Wildman–Crippen MR) is 109 cm³/mol. The number of nitrogen functional groups attached to an aromatic ring is 1. The van der Waals surface area contributed by atoms with Crippen LogP contribution in [0.5, 0.6) is 0 Å². The third-order valence-corrected chi connectivity index (χ3v) is 5.18. The number of rotatable bonds is 6. The summed E-state index contributed by atoms with van der Waals surface area (Å²) < 4.78 is 19.9. The second-order valence-electron chi connectivity index (χ2n) is 7.02. The van der Waals surface area contributed by atoms with Crippen LogP contribution in [-0.2, 0) is 9.53 Å². The molecule has 1 saturated heterocycles. The Labute approximate surface area is 172 Å². The van der Waals surface area contributed by atoms with E-state index in [1.165, 1.54) is 35.1 Å². The lowest BCUT2D eigenvalue weighted by Gasteiger charge is -2.31. The SMILES string of the molecule is Nc1c(C(=O)c2cccc(C(C=O)N3CCOCC3)c2)cnn1-c1ccc(F)cc1. The fourth-order valence-corrected chi connectivity index (χ4v) is 3.57. The van der Waals surface area contributed by atoms with E-state index in [1.807, 2.05) is 11.0 Å². The van der Waals surface area contributed by atoms with Crippen molar-refractivity contribution in [3.8, 4) is 5.69 Å². The minimum absolute atomic E-state index is 0.164. The number of halogens is 1. The van der Waals surface area contributed by atoms with Gasteiger partial charge in [-0.3, -0.25) is 9.69 Å². The second kappa shape index (κ2) is 8.56. The topological polar surface area (TPSA) is 90.5 Å². The van der Waals surface area contributed by atoms with Crippen LogP contribution in [0.2, 0.25) is 0 Å². The van der Waals surface area contributed by atoms with Crippen LogP contribution >= 0.6 is 0 Å². The number of benzene rings is 2. The summed E-state index contributed by atoms with van der Waals surface area (Å²) in [5.41, 5.74) is 8.11. The maximum Gasteiger partial charge on any atom is 0.198 e. The molecule has 1 unspecified atom stereocenters. The van der Waals surface area contributed by atoms with Gasteiger partial charge in [0.05, 0.1) is 36.7 Å². The molecule has 30 heavy (non-hydrogen) atoms. The zero-order valence-corrected chi connectivity index (χ0v) is 16.2. The van der Waals surface area contributed by atoms with Gasteiger partial charge in [0.15, 0.2) is 5.78 Å². The van der Waals surface area contributed by atoms with Crippen molar-refractivity contribution in [2.75, 3.05) is 32.0 Å². The van der Waals surface area contributed by atoms with E-state index in [4.69, 9.17) is 10.5 Å². The third kappa shape index (κ3) is 3.87. The highest BCUT2D eigenvalue weighted by atomic mass is 19.1. The van der Waals surface area contributed by atoms with Crippen molar-refractivity contribution < 1.29 is 18.7 Å². The number of ether oxygens (including phenoxy) is 1. The average Bonchev–Trinajstić information content (AvgIpc) is 3.16. The number of carbonyl (C=O) groups is 2. The van der Waals surface area contributed by atoms with Gasteiger partial charge in [-0.15, -0.1) is 0 Å². The molecule has 2 aromatic carbocycles. The monoisotopic (exact) mass is 408 g/mol. The number of nitrogens with zero attached hydrogens (tertiary/aromatic N) is 3. The molecule has 1 atom stereocenters. The number of ketones is 1. The van der Waals surface area contributed by atoms with E-state index in [2.05, 4.69) is 5.10 Å². The summed E-state index contributed by atoms with van der Waals surface area (Å²) in [4.78, 5) is 26.9. The van der Waals surface area contributed by atoms with Crippen molar-refractivity contribution in [2.24, 2.45) is 0 Å². The first kappa shape index (κ1) is 19.9. The molecule has 0 radical (unpaired) electrons. The lowest BCUT2D eigenvalue weighted by molar-refractivity contribution is -0.114. The van der Waals surface area contributed by atoms with Crippen molar-refractivity contribution in [1.82, 2.24) is 14.7 Å². The quantitative estimate of drug-likeness (QED) is 0.498. The molecule has 2 heterocycles. The summed E-state index contributed by atoms with van der Waals surface area (Å²) in [7, 11) is 0. The highest BCUT2D eigenvalue weighted by Crippen LogP contribution is 2.24. The number of hydrogen-bond acceptors (Lipinski definition) is 6. The van der Waals surface area contributed by atoms with Crippen LogP contribution in [-0.4, -0.2) is 53.1 Å². The van der Waals surface area contributed by atoms with Gasteiger partial charge in [0.2, 0.25) is 0 Å². The van der Waals surface area contributed by atoms with Crippen molar-refractivity contribution in [2.45, 2.75) is 6.04 Å². The van der Waals surface area contributed by atoms with Gasteiger partial charge in [-0.05, 0) is 35.9 Å². The molecule has 2 N–H and O–H groups in total. The van der Waals surface area contributed by atoms with Crippen LogP contribution in [0.15, 0.2) is 54.7 Å². The van der Waals surface area contributed by atoms with Gasteiger partial charge in [-0.2, -0.15) is 5.10 Å². The van der Waals surface area contributed by atoms with Crippen LogP contribution < -0.4 is 5.73 Å². The van der Waals surface area contributed by atoms with Crippen molar-refractivity contribution in [3.05, 3.63) is 77.2 Å². The van der Waals surface area contributed by atoms with Gasteiger partial charge in [-0.1, -0.05) is 18.2 Å². The zero-order valence-electron chi connectivity index (χ0n) is 16.2. The second-order valence-corrected chi connectivity index (χ2v) is 7.02. The van der Waals surface area contributed by atoms with Gasteiger partial charge in [0, 0.05) is 18.7 Å². The highest BCUT2D eigenvalue weighted by Gasteiger charge is 2.24. The largest absolute Gasteiger partial charge is 0.383 e. The first-order chi connectivity index (χ1) is 14.6. The van der Waals surface area contributed by atoms with Crippen LogP contribution in [0.4, 0.5) is 10.2 Å². The number of carbonyl (C=O) groups excluding carboxylic acids is 2. The first-order valence-corrected chi connectivity index (χ1v) is 9.59. The predicted octanol–water partition coefficient (Wildman–Crippen LogP) is 2.40. The van der Waals surface area contributed by atoms with E-state index in [0.29, 0.717) is 37.6 Å². The molecule has 1 aliphatic heterocycles. The molecule has 0 saturated carbocycles. The van der Waals surface area contributed by atoms with Crippen LogP contribution in [0.25, 0.3) is 5.69 Å². The molecule has 1 aromatic heterocycles. The van der Waals surface area contributed by atoms with E-state index in [1.54, 1.807) is 18.2 Å². The summed E-state index contributed by atoms with van der Waals surface area (Å²) in [6.45, 7) is 2.45. The van der Waals surface area contributed by atoms with E-state index in [0.717, 1.165) is 11.8 Å². The average molecular weight is 408 g/mol. The Kier molecular flexibility index (Phi) is 5.69. The van der Waals surface area contributed by atoms with E-state index >= 15 is 0 Å². The van der Waals surface area contributed by atoms with Crippen molar-refractivity contribution in [1.29, 1.82) is 0 Å². The first-order valence-electron chi connectivity index (χ1n) is 9.59. The minimum atomic E-state index is -0.444. The van der Waals surface area contributed by atoms with Crippen molar-refractivity contribution in [3.63, 3.8) is 0 Å². The number of nitrogens with two attached hydrogens (primary N) is 1. The van der Waals surface area contributed by atoms with Gasteiger partial charge in [0.1, 0.15) is 17.9 Å². The molecule has 0 bridgehead atoms. The Morgan fingerprint density at radius 3 is 2.60 bits per heavy atom. The lowest BCUT2D eigenvalue weighted by atomic mass is 9.99. The Morgan fingerprint density at radius 1 is 1.17 bits per heavy atom. The smallest absolute Gasteiger partial charge is 0.198 e. The number of aldehydes is 1. The highest BCUT2D eigenvalue weighted by molar-refractivity contribution is 6.11. The van der Waals surface area contributed by atoms with Gasteiger partial charge in [0.25, 0.3) is 0 Å². The Bertz CT molecular complexity index is 1060. The molecule has 0 amide bonds. The van der Waals surface area contributed by atoms with Crippen molar-refractivity contribution >= 4 is 17.9 Å². The summed E-state index contributed by atoms with van der Waals surface area (Å²) in [5.74, 6) is -0.506. The molecule has 154 valence electrons. The lowest BCUT2D eigenvalue weighted by Crippen LogP contribution is -2.39. The third-order valence-electron chi connectivity index (χ3n) is 5.18. The molecule has 0 aliphatic carbocycles. The summed E-state index contributed by atoms with van der Waals surface area (Å²) in [5, 5.41) is 4.18. The number of morpholine rings is 1. The molecule has 3 aromatic rings. The fraction of sp³-hybridized carbons (Fsp3) is 0.227. The minimum Gasteiger partial charge on any atom is -0.383 e.